The van der Waals surface area contributed by atoms with Gasteiger partial charge in [0.1, 0.15) is 22.8 Å². The van der Waals surface area contributed by atoms with Crippen molar-refractivity contribution in [1.82, 2.24) is 0 Å². The first-order valence-electron chi connectivity index (χ1n) is 11.1. The predicted octanol–water partition coefficient (Wildman–Crippen LogP) is 6.22. The molecule has 0 saturated heterocycles. The molecule has 5 rings (SSSR count). The van der Waals surface area contributed by atoms with E-state index in [0.29, 0.717) is 44.7 Å². The van der Waals surface area contributed by atoms with Gasteiger partial charge in [-0.3, -0.25) is 14.4 Å². The summed E-state index contributed by atoms with van der Waals surface area (Å²) in [6.07, 6.45) is 0.0550. The molecule has 0 unspecified atom stereocenters. The Kier molecular flexibility index (Phi) is 5.28. The molecule has 6 nitrogen and oxygen atoms in total. The predicted molar refractivity (Wildman–Crippen MR) is 129 cm³/mol. The van der Waals surface area contributed by atoms with Crippen LogP contribution in [0.25, 0.3) is 11.0 Å². The topological polar surface area (TPSA) is 85.6 Å². The number of ketones is 2. The number of Topliss-reactive ketones (excluding diaryl/α,β-unsaturated/α-hetero) is 2. The maximum absolute atomic E-state index is 13.4. The molecule has 1 amide bonds. The standard InChI is InChI=1S/C28H22FNO5/c1-15-24-22(34-26(15)27(33)30-20-10-4-17(5-11-20)16(2)31)12-13-23-25(24)21(32)14-28(3,35-23)18-6-8-19(29)9-7-18/h4-13H,14H2,1-3H3,(H,30,33)/t28-/m1/s1. The Morgan fingerprint density at radius 2 is 1.69 bits per heavy atom. The Bertz CT molecular complexity index is 1500. The van der Waals surface area contributed by atoms with E-state index in [9.17, 15) is 18.8 Å². The summed E-state index contributed by atoms with van der Waals surface area (Å²) in [4.78, 5) is 37.8. The molecule has 1 N–H and O–H groups in total. The Hall–Kier alpha value is -4.26. The zero-order valence-electron chi connectivity index (χ0n) is 19.4. The lowest BCUT2D eigenvalue weighted by molar-refractivity contribution is 0.0507. The second kappa shape index (κ2) is 8.20. The van der Waals surface area contributed by atoms with Crippen LogP contribution in [0.5, 0.6) is 5.75 Å². The minimum atomic E-state index is -0.949. The van der Waals surface area contributed by atoms with Gasteiger partial charge in [-0.05, 0) is 74.9 Å². The molecule has 35 heavy (non-hydrogen) atoms. The van der Waals surface area contributed by atoms with E-state index in [1.807, 2.05) is 0 Å². The largest absolute Gasteiger partial charge is 0.482 e. The van der Waals surface area contributed by atoms with Crippen LogP contribution in [-0.2, 0) is 5.60 Å². The SMILES string of the molecule is CC(=O)c1ccc(NC(=O)c2oc3ccc4c(c3c2C)C(=O)C[C@](C)(c2ccc(F)cc2)O4)cc1. The third-order valence-corrected chi connectivity index (χ3v) is 6.38. The number of anilines is 1. The van der Waals surface area contributed by atoms with Crippen molar-refractivity contribution in [2.24, 2.45) is 0 Å². The molecule has 2 heterocycles. The van der Waals surface area contributed by atoms with Crippen LogP contribution in [0.15, 0.2) is 65.1 Å². The summed E-state index contributed by atoms with van der Waals surface area (Å²) < 4.78 is 25.5. The molecule has 0 bridgehead atoms. The fraction of sp³-hybridized carbons (Fsp3) is 0.179. The zero-order valence-corrected chi connectivity index (χ0v) is 19.4. The van der Waals surface area contributed by atoms with Crippen molar-refractivity contribution >= 4 is 34.1 Å². The number of carbonyl (C=O) groups is 3. The fourth-order valence-corrected chi connectivity index (χ4v) is 4.51. The second-order valence-electron chi connectivity index (χ2n) is 8.90. The highest BCUT2D eigenvalue weighted by Crippen LogP contribution is 2.44. The number of benzene rings is 3. The van der Waals surface area contributed by atoms with E-state index >= 15 is 0 Å². The lowest BCUT2D eigenvalue weighted by Crippen LogP contribution is -2.36. The van der Waals surface area contributed by atoms with Crippen LogP contribution in [0, 0.1) is 12.7 Å². The smallest absolute Gasteiger partial charge is 0.291 e. The molecule has 0 radical (unpaired) electrons. The average Bonchev–Trinajstić information content (AvgIpc) is 3.16. The van der Waals surface area contributed by atoms with Gasteiger partial charge in [-0.15, -0.1) is 0 Å². The summed E-state index contributed by atoms with van der Waals surface area (Å²) in [7, 11) is 0. The molecule has 1 aliphatic rings. The summed E-state index contributed by atoms with van der Waals surface area (Å²) in [6, 6.07) is 15.8. The van der Waals surface area contributed by atoms with Gasteiger partial charge in [-0.2, -0.15) is 0 Å². The number of ether oxygens (including phenoxy) is 1. The molecule has 0 aliphatic carbocycles. The normalized spacial score (nSPS) is 17.1. The molecule has 3 aromatic carbocycles. The van der Waals surface area contributed by atoms with Gasteiger partial charge >= 0.3 is 0 Å². The third-order valence-electron chi connectivity index (χ3n) is 6.38. The van der Waals surface area contributed by atoms with Gasteiger partial charge in [-0.25, -0.2) is 4.39 Å². The van der Waals surface area contributed by atoms with Crippen molar-refractivity contribution < 1.29 is 27.9 Å². The molecule has 176 valence electrons. The Morgan fingerprint density at radius 1 is 1.00 bits per heavy atom. The minimum Gasteiger partial charge on any atom is -0.482 e. The third kappa shape index (κ3) is 3.89. The minimum absolute atomic E-state index is 0.0550. The van der Waals surface area contributed by atoms with E-state index in [-0.39, 0.29) is 29.6 Å². The van der Waals surface area contributed by atoms with Gasteiger partial charge in [-0.1, -0.05) is 12.1 Å². The first-order valence-corrected chi connectivity index (χ1v) is 11.1. The van der Waals surface area contributed by atoms with Crippen molar-refractivity contribution in [2.45, 2.75) is 32.8 Å². The summed E-state index contributed by atoms with van der Waals surface area (Å²) in [5, 5.41) is 3.30. The van der Waals surface area contributed by atoms with Gasteiger partial charge in [0.15, 0.2) is 17.3 Å². The van der Waals surface area contributed by atoms with Gasteiger partial charge < -0.3 is 14.5 Å². The van der Waals surface area contributed by atoms with E-state index in [4.69, 9.17) is 9.15 Å². The highest BCUT2D eigenvalue weighted by Gasteiger charge is 2.40. The first-order chi connectivity index (χ1) is 16.7. The highest BCUT2D eigenvalue weighted by molar-refractivity contribution is 6.15. The van der Waals surface area contributed by atoms with Crippen LogP contribution < -0.4 is 10.1 Å². The molecule has 0 saturated carbocycles. The number of hydrogen-bond acceptors (Lipinski definition) is 5. The number of rotatable bonds is 4. The van der Waals surface area contributed by atoms with E-state index in [1.54, 1.807) is 62.4 Å². The second-order valence-corrected chi connectivity index (χ2v) is 8.90. The van der Waals surface area contributed by atoms with Crippen LogP contribution >= 0.6 is 0 Å². The van der Waals surface area contributed by atoms with Crippen LogP contribution in [0.4, 0.5) is 10.1 Å². The van der Waals surface area contributed by atoms with Gasteiger partial charge in [0.05, 0.1) is 12.0 Å². The number of fused-ring (bicyclic) bond motifs is 3. The Morgan fingerprint density at radius 3 is 2.34 bits per heavy atom. The van der Waals surface area contributed by atoms with Crippen molar-refractivity contribution in [1.29, 1.82) is 0 Å². The number of carbonyl (C=O) groups excluding carboxylic acids is 3. The van der Waals surface area contributed by atoms with Crippen LogP contribution in [-0.4, -0.2) is 17.5 Å². The fourth-order valence-electron chi connectivity index (χ4n) is 4.51. The Balaban J connectivity index is 1.49. The zero-order chi connectivity index (χ0) is 24.9. The average molecular weight is 471 g/mol. The molecule has 1 aliphatic heterocycles. The van der Waals surface area contributed by atoms with Crippen molar-refractivity contribution in [3.8, 4) is 5.75 Å². The van der Waals surface area contributed by atoms with Crippen LogP contribution in [0.1, 0.15) is 62.7 Å². The number of nitrogens with one attached hydrogen (secondary N) is 1. The molecular weight excluding hydrogens is 449 g/mol. The number of aryl methyl sites for hydroxylation is 1. The summed E-state index contributed by atoms with van der Waals surface area (Å²) in [6.45, 7) is 4.99. The molecule has 1 atom stereocenters. The lowest BCUT2D eigenvalue weighted by atomic mass is 9.84. The van der Waals surface area contributed by atoms with Crippen molar-refractivity contribution in [2.75, 3.05) is 5.32 Å². The van der Waals surface area contributed by atoms with E-state index in [0.717, 1.165) is 0 Å². The summed E-state index contributed by atoms with van der Waals surface area (Å²) in [5.74, 6) is -0.581. The molecule has 4 aromatic rings. The van der Waals surface area contributed by atoms with E-state index < -0.39 is 11.5 Å². The van der Waals surface area contributed by atoms with E-state index in [1.165, 1.54) is 19.1 Å². The summed E-state index contributed by atoms with van der Waals surface area (Å²) >= 11 is 0. The van der Waals surface area contributed by atoms with Crippen molar-refractivity contribution in [3.63, 3.8) is 0 Å². The van der Waals surface area contributed by atoms with Gasteiger partial charge in [0, 0.05) is 22.2 Å². The quantitative estimate of drug-likeness (QED) is 0.357. The van der Waals surface area contributed by atoms with Crippen LogP contribution in [0.2, 0.25) is 0 Å². The van der Waals surface area contributed by atoms with Gasteiger partial charge in [0.25, 0.3) is 5.91 Å². The molecule has 1 aromatic heterocycles. The summed E-state index contributed by atoms with van der Waals surface area (Å²) in [5.41, 5.74) is 2.09. The van der Waals surface area contributed by atoms with Gasteiger partial charge in [0.2, 0.25) is 0 Å². The number of furan rings is 1. The van der Waals surface area contributed by atoms with Crippen LogP contribution in [0.3, 0.4) is 0 Å². The monoisotopic (exact) mass is 471 g/mol. The molecule has 0 spiro atoms. The number of hydrogen-bond donors (Lipinski definition) is 1. The maximum Gasteiger partial charge on any atom is 0.291 e. The highest BCUT2D eigenvalue weighted by atomic mass is 19.1. The molecule has 0 fully saturated rings. The molecule has 7 heteroatoms. The number of amides is 1. The molecular formula is C28H22FNO5. The lowest BCUT2D eigenvalue weighted by Gasteiger charge is -2.35. The number of halogens is 1. The van der Waals surface area contributed by atoms with E-state index in [2.05, 4.69) is 5.32 Å². The van der Waals surface area contributed by atoms with Crippen molar-refractivity contribution in [3.05, 3.63) is 94.5 Å². The maximum atomic E-state index is 13.4. The first kappa shape index (κ1) is 22.5. The Labute approximate surface area is 200 Å².